The molecule has 0 aliphatic carbocycles. The highest BCUT2D eigenvalue weighted by molar-refractivity contribution is 7.08. The van der Waals surface area contributed by atoms with E-state index in [9.17, 15) is 4.79 Å². The van der Waals surface area contributed by atoms with Crippen LogP contribution in [0.2, 0.25) is 0 Å². The lowest BCUT2D eigenvalue weighted by molar-refractivity contribution is -0.129. The summed E-state index contributed by atoms with van der Waals surface area (Å²) < 4.78 is 10.6. The van der Waals surface area contributed by atoms with Gasteiger partial charge in [0.2, 0.25) is 5.90 Å². The number of hydrogen-bond donors (Lipinski definition) is 0. The van der Waals surface area contributed by atoms with Gasteiger partial charge in [0.15, 0.2) is 5.70 Å². The molecule has 0 fully saturated rings. The average molecular weight is 299 g/mol. The Bertz CT molecular complexity index is 700. The van der Waals surface area contributed by atoms with Gasteiger partial charge in [0.25, 0.3) is 0 Å². The number of benzene rings is 1. The number of cyclic esters (lactones) is 1. The molecule has 2 heterocycles. The van der Waals surface area contributed by atoms with Gasteiger partial charge in [0, 0.05) is 5.56 Å². The molecule has 0 radical (unpaired) electrons. The first-order valence-corrected chi connectivity index (χ1v) is 7.48. The molecule has 1 aliphatic rings. The van der Waals surface area contributed by atoms with Crippen molar-refractivity contribution in [2.45, 2.75) is 6.92 Å². The van der Waals surface area contributed by atoms with Crippen LogP contribution >= 0.6 is 11.3 Å². The molecule has 21 heavy (non-hydrogen) atoms. The molecule has 106 valence electrons. The molecule has 0 saturated carbocycles. The molecule has 2 aromatic rings. The highest BCUT2D eigenvalue weighted by Crippen LogP contribution is 2.21. The monoisotopic (exact) mass is 299 g/mol. The fourth-order valence-corrected chi connectivity index (χ4v) is 2.53. The van der Waals surface area contributed by atoms with Gasteiger partial charge in [-0.3, -0.25) is 0 Å². The van der Waals surface area contributed by atoms with Crippen LogP contribution in [0.1, 0.15) is 18.1 Å². The maximum absolute atomic E-state index is 11.8. The number of esters is 1. The first-order chi connectivity index (χ1) is 10.3. The van der Waals surface area contributed by atoms with Gasteiger partial charge in [-0.25, -0.2) is 9.79 Å². The zero-order valence-corrected chi connectivity index (χ0v) is 12.2. The summed E-state index contributed by atoms with van der Waals surface area (Å²) in [5.74, 6) is 0.676. The molecular formula is C16H13NO3S. The van der Waals surface area contributed by atoms with Gasteiger partial charge in [0.1, 0.15) is 5.75 Å². The highest BCUT2D eigenvalue weighted by atomic mass is 32.1. The SMILES string of the molecule is CCOc1ccc(C2=N/C(=C/c3ccsc3)C(=O)O2)cc1. The first kappa shape index (κ1) is 13.6. The summed E-state index contributed by atoms with van der Waals surface area (Å²) in [7, 11) is 0. The summed E-state index contributed by atoms with van der Waals surface area (Å²) in [6.07, 6.45) is 1.72. The molecule has 0 N–H and O–H groups in total. The lowest BCUT2D eigenvalue weighted by Crippen LogP contribution is -2.05. The maximum atomic E-state index is 11.8. The molecule has 1 aromatic carbocycles. The molecule has 0 bridgehead atoms. The Kier molecular flexibility index (Phi) is 3.83. The smallest absolute Gasteiger partial charge is 0.363 e. The molecule has 5 heteroatoms. The second-order valence-corrected chi connectivity index (χ2v) is 5.13. The number of carbonyl (C=O) groups excluding carboxylic acids is 1. The molecule has 0 atom stereocenters. The third-order valence-corrected chi connectivity index (χ3v) is 3.58. The van der Waals surface area contributed by atoms with Gasteiger partial charge >= 0.3 is 5.97 Å². The number of nitrogens with zero attached hydrogens (tertiary/aromatic N) is 1. The summed E-state index contributed by atoms with van der Waals surface area (Å²) in [4.78, 5) is 16.1. The minimum absolute atomic E-state index is 0.317. The zero-order chi connectivity index (χ0) is 14.7. The lowest BCUT2D eigenvalue weighted by atomic mass is 10.2. The topological polar surface area (TPSA) is 47.9 Å². The Morgan fingerprint density at radius 3 is 2.76 bits per heavy atom. The van der Waals surface area contributed by atoms with Gasteiger partial charge in [-0.15, -0.1) is 0 Å². The molecule has 4 nitrogen and oxygen atoms in total. The van der Waals surface area contributed by atoms with E-state index < -0.39 is 5.97 Å². The highest BCUT2D eigenvalue weighted by Gasteiger charge is 2.24. The molecular weight excluding hydrogens is 286 g/mol. The van der Waals surface area contributed by atoms with E-state index in [1.54, 1.807) is 17.4 Å². The van der Waals surface area contributed by atoms with Crippen LogP contribution < -0.4 is 4.74 Å². The largest absolute Gasteiger partial charge is 0.494 e. The van der Waals surface area contributed by atoms with Crippen LogP contribution in [0.4, 0.5) is 0 Å². The van der Waals surface area contributed by atoms with Crippen molar-refractivity contribution in [3.8, 4) is 5.75 Å². The second-order valence-electron chi connectivity index (χ2n) is 4.35. The van der Waals surface area contributed by atoms with Crippen molar-refractivity contribution in [1.82, 2.24) is 0 Å². The van der Waals surface area contributed by atoms with Gasteiger partial charge in [-0.05, 0) is 59.7 Å². The number of thiophene rings is 1. The molecule has 0 amide bonds. The maximum Gasteiger partial charge on any atom is 0.363 e. The average Bonchev–Trinajstić information content (AvgIpc) is 3.11. The van der Waals surface area contributed by atoms with Crippen molar-refractivity contribution in [2.24, 2.45) is 4.99 Å². The molecule has 0 spiro atoms. The van der Waals surface area contributed by atoms with Gasteiger partial charge < -0.3 is 9.47 Å². The summed E-state index contributed by atoms with van der Waals surface area (Å²) in [5, 5.41) is 3.90. The van der Waals surface area contributed by atoms with E-state index in [1.165, 1.54) is 0 Å². The van der Waals surface area contributed by atoms with Crippen molar-refractivity contribution in [2.75, 3.05) is 6.61 Å². The number of ether oxygens (including phenoxy) is 2. The summed E-state index contributed by atoms with van der Waals surface area (Å²) in [5.41, 5.74) is 2.02. The Morgan fingerprint density at radius 1 is 1.29 bits per heavy atom. The standard InChI is InChI=1S/C16H13NO3S/c1-2-19-13-5-3-12(4-6-13)15-17-14(16(18)20-15)9-11-7-8-21-10-11/h3-10H,2H2,1H3/b14-9+. The minimum Gasteiger partial charge on any atom is -0.494 e. The minimum atomic E-state index is -0.426. The summed E-state index contributed by atoms with van der Waals surface area (Å²) in [6, 6.07) is 9.23. The number of hydrogen-bond acceptors (Lipinski definition) is 5. The van der Waals surface area contributed by atoms with Gasteiger partial charge in [0.05, 0.1) is 6.61 Å². The Morgan fingerprint density at radius 2 is 2.10 bits per heavy atom. The molecule has 0 saturated heterocycles. The normalized spacial score (nSPS) is 16.0. The van der Waals surface area contributed by atoms with Crippen molar-refractivity contribution in [3.63, 3.8) is 0 Å². The van der Waals surface area contributed by atoms with E-state index in [1.807, 2.05) is 48.0 Å². The van der Waals surface area contributed by atoms with E-state index >= 15 is 0 Å². The Labute approximate surface area is 126 Å². The molecule has 1 aromatic heterocycles. The van der Waals surface area contributed by atoms with E-state index in [-0.39, 0.29) is 0 Å². The van der Waals surface area contributed by atoms with E-state index in [2.05, 4.69) is 4.99 Å². The third kappa shape index (κ3) is 3.03. The number of rotatable bonds is 4. The van der Waals surface area contributed by atoms with Crippen LogP contribution in [-0.4, -0.2) is 18.5 Å². The van der Waals surface area contributed by atoms with E-state index in [4.69, 9.17) is 9.47 Å². The fourth-order valence-electron chi connectivity index (χ4n) is 1.91. The van der Waals surface area contributed by atoms with Gasteiger partial charge in [-0.2, -0.15) is 11.3 Å². The van der Waals surface area contributed by atoms with Crippen LogP contribution in [-0.2, 0) is 9.53 Å². The van der Waals surface area contributed by atoms with Crippen LogP contribution in [0.15, 0.2) is 51.8 Å². The van der Waals surface area contributed by atoms with Crippen LogP contribution in [0.25, 0.3) is 6.08 Å². The molecule has 1 aliphatic heterocycles. The first-order valence-electron chi connectivity index (χ1n) is 6.54. The fraction of sp³-hybridized carbons (Fsp3) is 0.125. The van der Waals surface area contributed by atoms with Crippen LogP contribution in [0.3, 0.4) is 0 Å². The molecule has 0 unspecified atom stereocenters. The molecule has 3 rings (SSSR count). The van der Waals surface area contributed by atoms with Crippen molar-refractivity contribution in [3.05, 3.63) is 57.9 Å². The summed E-state index contributed by atoms with van der Waals surface area (Å²) in [6.45, 7) is 2.54. The van der Waals surface area contributed by atoms with E-state index in [0.717, 1.165) is 16.9 Å². The quantitative estimate of drug-likeness (QED) is 0.641. The Hall–Kier alpha value is -2.40. The second kappa shape index (κ2) is 5.93. The van der Waals surface area contributed by atoms with Gasteiger partial charge in [-0.1, -0.05) is 0 Å². The van der Waals surface area contributed by atoms with Crippen molar-refractivity contribution in [1.29, 1.82) is 0 Å². The van der Waals surface area contributed by atoms with Crippen molar-refractivity contribution < 1.29 is 14.3 Å². The third-order valence-electron chi connectivity index (χ3n) is 2.88. The lowest BCUT2D eigenvalue weighted by Gasteiger charge is -2.03. The van der Waals surface area contributed by atoms with Crippen molar-refractivity contribution >= 4 is 29.3 Å². The van der Waals surface area contributed by atoms with E-state index in [0.29, 0.717) is 18.2 Å². The summed E-state index contributed by atoms with van der Waals surface area (Å²) >= 11 is 1.57. The number of carbonyl (C=O) groups is 1. The zero-order valence-electron chi connectivity index (χ0n) is 11.4. The van der Waals surface area contributed by atoms with Crippen LogP contribution in [0.5, 0.6) is 5.75 Å². The Balaban J connectivity index is 1.84. The van der Waals surface area contributed by atoms with Crippen LogP contribution in [0, 0.1) is 0 Å². The predicted octanol–water partition coefficient (Wildman–Crippen LogP) is 3.49. The predicted molar refractivity (Wildman–Crippen MR) is 82.5 cm³/mol. The number of aliphatic imine (C=N–C) groups is 1.